The van der Waals surface area contributed by atoms with E-state index < -0.39 is 0 Å². The monoisotopic (exact) mass is 486 g/mol. The molecule has 2 aromatic rings. The zero-order chi connectivity index (χ0) is 23.7. The molecule has 0 N–H and O–H groups in total. The van der Waals surface area contributed by atoms with E-state index in [9.17, 15) is 0 Å². The summed E-state index contributed by atoms with van der Waals surface area (Å²) in [6, 6.07) is 21.9. The molecular formula is C30H46OS2. The van der Waals surface area contributed by atoms with Gasteiger partial charge in [0.1, 0.15) is 0 Å². The second-order valence-corrected chi connectivity index (χ2v) is 11.4. The summed E-state index contributed by atoms with van der Waals surface area (Å²) in [5.74, 6) is 1.53. The predicted molar refractivity (Wildman–Crippen MR) is 150 cm³/mol. The third-order valence-corrected chi connectivity index (χ3v) is 8.86. The van der Waals surface area contributed by atoms with Crippen molar-refractivity contribution < 1.29 is 3.63 Å². The van der Waals surface area contributed by atoms with Crippen molar-refractivity contribution in [2.75, 3.05) is 0 Å². The van der Waals surface area contributed by atoms with Crippen LogP contribution in [0.25, 0.3) is 0 Å². The maximum absolute atomic E-state index is 6.40. The predicted octanol–water partition coefficient (Wildman–Crippen LogP) is 11.0. The van der Waals surface area contributed by atoms with E-state index in [0.29, 0.717) is 10.5 Å². The summed E-state index contributed by atoms with van der Waals surface area (Å²) in [7, 11) is 0. The Hall–Kier alpha value is -0.900. The van der Waals surface area contributed by atoms with Crippen LogP contribution in [-0.4, -0.2) is 0 Å². The van der Waals surface area contributed by atoms with Gasteiger partial charge in [-0.2, -0.15) is 0 Å². The van der Waals surface area contributed by atoms with E-state index in [1.54, 1.807) is 24.1 Å². The zero-order valence-electron chi connectivity index (χ0n) is 21.4. The fraction of sp³-hybridized carbons (Fsp3) is 0.600. The first-order valence-corrected chi connectivity index (χ1v) is 14.9. The van der Waals surface area contributed by atoms with Gasteiger partial charge in [0.05, 0.1) is 10.5 Å². The Morgan fingerprint density at radius 1 is 0.606 bits per heavy atom. The second kappa shape index (κ2) is 17.5. The van der Waals surface area contributed by atoms with E-state index in [2.05, 4.69) is 88.4 Å². The summed E-state index contributed by atoms with van der Waals surface area (Å²) >= 11 is 3.38. The maximum Gasteiger partial charge on any atom is 0.0575 e. The normalized spacial score (nSPS) is 15.2. The third kappa shape index (κ3) is 10.9. The molecule has 0 fully saturated rings. The molecule has 0 radical (unpaired) electrons. The lowest BCUT2D eigenvalue weighted by atomic mass is 9.92. The summed E-state index contributed by atoms with van der Waals surface area (Å²) in [6.07, 6.45) is 12.7. The molecular weight excluding hydrogens is 440 g/mol. The van der Waals surface area contributed by atoms with E-state index >= 15 is 0 Å². The summed E-state index contributed by atoms with van der Waals surface area (Å²) < 4.78 is 6.40. The molecule has 184 valence electrons. The van der Waals surface area contributed by atoms with Crippen molar-refractivity contribution >= 4 is 24.1 Å². The maximum atomic E-state index is 6.40. The molecule has 0 aliphatic rings. The SMILES string of the molecule is CCCCC(CC)CC(SOSC(CC(CC)CCCC)c1ccccc1)c1ccccc1. The molecule has 0 saturated heterocycles. The molecule has 0 bridgehead atoms. The van der Waals surface area contributed by atoms with Crippen molar-refractivity contribution in [3.63, 3.8) is 0 Å². The van der Waals surface area contributed by atoms with E-state index in [1.165, 1.54) is 75.3 Å². The Morgan fingerprint density at radius 2 is 1.00 bits per heavy atom. The van der Waals surface area contributed by atoms with Crippen molar-refractivity contribution in [2.45, 2.75) is 102 Å². The van der Waals surface area contributed by atoms with Crippen LogP contribution < -0.4 is 0 Å². The van der Waals surface area contributed by atoms with Gasteiger partial charge in [0, 0.05) is 24.1 Å². The average molecular weight is 487 g/mol. The molecule has 4 unspecified atom stereocenters. The van der Waals surface area contributed by atoms with E-state index in [4.69, 9.17) is 3.63 Å². The summed E-state index contributed by atoms with van der Waals surface area (Å²) in [6.45, 7) is 9.28. The molecule has 0 aliphatic heterocycles. The van der Waals surface area contributed by atoms with Gasteiger partial charge in [0.25, 0.3) is 0 Å². The number of hydrogen-bond acceptors (Lipinski definition) is 3. The van der Waals surface area contributed by atoms with Crippen LogP contribution in [0.2, 0.25) is 0 Å². The van der Waals surface area contributed by atoms with Gasteiger partial charge in [0.2, 0.25) is 0 Å². The topological polar surface area (TPSA) is 9.23 Å². The highest BCUT2D eigenvalue weighted by Gasteiger charge is 2.22. The van der Waals surface area contributed by atoms with Gasteiger partial charge in [-0.25, -0.2) is 3.63 Å². The van der Waals surface area contributed by atoms with Crippen LogP contribution in [0.1, 0.15) is 114 Å². The van der Waals surface area contributed by atoms with Crippen LogP contribution in [0.5, 0.6) is 0 Å². The van der Waals surface area contributed by atoms with E-state index in [-0.39, 0.29) is 0 Å². The fourth-order valence-electron chi connectivity index (χ4n) is 4.48. The van der Waals surface area contributed by atoms with Crippen molar-refractivity contribution in [3.8, 4) is 0 Å². The standard InChI is InChI=1S/C30H46OS2/c1-5-9-17-25(7-3)23-29(27-19-13-11-14-20-27)32-31-33-30(28-21-15-12-16-22-28)24-26(8-4)18-10-6-2/h11-16,19-22,25-26,29-30H,5-10,17-18,23-24H2,1-4H3. The first kappa shape index (κ1) is 28.3. The van der Waals surface area contributed by atoms with Crippen LogP contribution in [0.4, 0.5) is 0 Å². The molecule has 0 aromatic heterocycles. The van der Waals surface area contributed by atoms with Crippen molar-refractivity contribution in [3.05, 3.63) is 71.8 Å². The smallest absolute Gasteiger partial charge is 0.0575 e. The molecule has 4 atom stereocenters. The first-order valence-electron chi connectivity index (χ1n) is 13.3. The van der Waals surface area contributed by atoms with Crippen molar-refractivity contribution in [1.82, 2.24) is 0 Å². The fourth-order valence-corrected chi connectivity index (χ4v) is 6.66. The van der Waals surface area contributed by atoms with Gasteiger partial charge >= 0.3 is 0 Å². The second-order valence-electron chi connectivity index (χ2n) is 9.36. The Balaban J connectivity index is 2.05. The van der Waals surface area contributed by atoms with E-state index in [0.717, 1.165) is 11.8 Å². The van der Waals surface area contributed by atoms with Gasteiger partial charge in [-0.1, -0.05) is 140 Å². The minimum atomic E-state index is 0.388. The lowest BCUT2D eigenvalue weighted by Crippen LogP contribution is -2.07. The van der Waals surface area contributed by atoms with Crippen molar-refractivity contribution in [1.29, 1.82) is 0 Å². The summed E-state index contributed by atoms with van der Waals surface area (Å²) in [5, 5.41) is 0.776. The van der Waals surface area contributed by atoms with Crippen molar-refractivity contribution in [2.24, 2.45) is 11.8 Å². The molecule has 0 heterocycles. The Kier molecular flexibility index (Phi) is 15.0. The summed E-state index contributed by atoms with van der Waals surface area (Å²) in [5.41, 5.74) is 2.78. The molecule has 0 amide bonds. The Morgan fingerprint density at radius 3 is 1.33 bits per heavy atom. The van der Waals surface area contributed by atoms with Gasteiger partial charge < -0.3 is 0 Å². The Bertz CT molecular complexity index is 644. The molecule has 3 heteroatoms. The number of unbranched alkanes of at least 4 members (excludes halogenated alkanes) is 2. The van der Waals surface area contributed by atoms with Gasteiger partial charge in [-0.05, 0) is 35.8 Å². The van der Waals surface area contributed by atoms with Gasteiger partial charge in [0.15, 0.2) is 0 Å². The Labute approximate surface area is 213 Å². The highest BCUT2D eigenvalue weighted by molar-refractivity contribution is 8.08. The molecule has 33 heavy (non-hydrogen) atoms. The van der Waals surface area contributed by atoms with E-state index in [1.807, 2.05) is 0 Å². The highest BCUT2D eigenvalue weighted by Crippen LogP contribution is 2.45. The largest absolute Gasteiger partial charge is 0.246 e. The molecule has 0 saturated carbocycles. The average Bonchev–Trinajstić information content (AvgIpc) is 2.87. The number of rotatable bonds is 18. The lowest BCUT2D eigenvalue weighted by molar-refractivity contribution is 0.413. The van der Waals surface area contributed by atoms with Crippen LogP contribution in [-0.2, 0) is 3.63 Å². The molecule has 0 spiro atoms. The summed E-state index contributed by atoms with van der Waals surface area (Å²) in [4.78, 5) is 0. The molecule has 0 aliphatic carbocycles. The molecule has 1 nitrogen and oxygen atoms in total. The van der Waals surface area contributed by atoms with Crippen LogP contribution >= 0.6 is 24.1 Å². The number of hydrogen-bond donors (Lipinski definition) is 0. The van der Waals surface area contributed by atoms with Crippen LogP contribution in [0.15, 0.2) is 60.7 Å². The quantitative estimate of drug-likeness (QED) is 0.194. The molecule has 2 aromatic carbocycles. The van der Waals surface area contributed by atoms with Gasteiger partial charge in [-0.15, -0.1) is 0 Å². The zero-order valence-corrected chi connectivity index (χ0v) is 23.0. The van der Waals surface area contributed by atoms with Crippen LogP contribution in [0.3, 0.4) is 0 Å². The third-order valence-electron chi connectivity index (χ3n) is 6.83. The molecule has 2 rings (SSSR count). The number of benzene rings is 2. The van der Waals surface area contributed by atoms with Crippen LogP contribution in [0, 0.1) is 11.8 Å². The lowest BCUT2D eigenvalue weighted by Gasteiger charge is -2.25. The minimum Gasteiger partial charge on any atom is -0.246 e. The van der Waals surface area contributed by atoms with Gasteiger partial charge in [-0.3, -0.25) is 0 Å². The minimum absolute atomic E-state index is 0.388. The highest BCUT2D eigenvalue weighted by atomic mass is 32.2. The first-order chi connectivity index (χ1) is 16.2.